The normalized spacial score (nSPS) is 14.6. The molecule has 0 radical (unpaired) electrons. The lowest BCUT2D eigenvalue weighted by atomic mass is 10.1. The number of carbonyl (C=O) groups is 1. The van der Waals surface area contributed by atoms with E-state index in [-0.39, 0.29) is 5.91 Å². The summed E-state index contributed by atoms with van der Waals surface area (Å²) in [6, 6.07) is 13.8. The van der Waals surface area contributed by atoms with Gasteiger partial charge in [-0.15, -0.1) is 0 Å². The van der Waals surface area contributed by atoms with Crippen LogP contribution in [0.15, 0.2) is 42.5 Å². The molecule has 2 heterocycles. The van der Waals surface area contributed by atoms with Crippen LogP contribution in [0.3, 0.4) is 0 Å². The molecule has 0 bridgehead atoms. The molecule has 140 valence electrons. The smallest absolute Gasteiger partial charge is 0.254 e. The predicted octanol–water partition coefficient (Wildman–Crippen LogP) is 3.83. The number of thiazole rings is 1. The average molecular weight is 382 g/mol. The van der Waals surface area contributed by atoms with Crippen LogP contribution in [-0.4, -0.2) is 49.1 Å². The van der Waals surface area contributed by atoms with Gasteiger partial charge in [-0.3, -0.25) is 4.79 Å². The zero-order valence-electron chi connectivity index (χ0n) is 15.6. The number of benzene rings is 2. The second kappa shape index (κ2) is 7.56. The summed E-state index contributed by atoms with van der Waals surface area (Å²) in [4.78, 5) is 21.7. The van der Waals surface area contributed by atoms with Crippen molar-refractivity contribution in [3.63, 3.8) is 0 Å². The van der Waals surface area contributed by atoms with E-state index in [0.717, 1.165) is 30.2 Å². The van der Waals surface area contributed by atoms with Crippen molar-refractivity contribution in [2.75, 3.05) is 38.2 Å². The predicted molar refractivity (Wildman–Crippen MR) is 110 cm³/mol. The molecule has 0 N–H and O–H groups in total. The van der Waals surface area contributed by atoms with Crippen molar-refractivity contribution >= 4 is 32.6 Å². The van der Waals surface area contributed by atoms with Gasteiger partial charge in [-0.1, -0.05) is 30.4 Å². The van der Waals surface area contributed by atoms with Crippen LogP contribution in [0, 0.1) is 0 Å². The summed E-state index contributed by atoms with van der Waals surface area (Å²) in [5, 5.41) is 1.05. The standard InChI is InChI=1S/C21H23N3O2S/c1-3-15-7-8-18-19(13-15)27-21(22-18)24-11-9-23(10-12-24)20(25)16-5-4-6-17(14-16)26-2/h4-8,13-14H,3,9-12H2,1-2H3. The molecule has 1 saturated heterocycles. The number of amides is 1. The Balaban J connectivity index is 1.44. The maximum absolute atomic E-state index is 12.8. The van der Waals surface area contributed by atoms with Crippen LogP contribution < -0.4 is 9.64 Å². The number of aromatic nitrogens is 1. The summed E-state index contributed by atoms with van der Waals surface area (Å²) >= 11 is 1.74. The molecule has 5 nitrogen and oxygen atoms in total. The lowest BCUT2D eigenvalue weighted by Gasteiger charge is -2.34. The zero-order valence-corrected chi connectivity index (χ0v) is 16.5. The van der Waals surface area contributed by atoms with Crippen molar-refractivity contribution < 1.29 is 9.53 Å². The molecule has 0 spiro atoms. The van der Waals surface area contributed by atoms with Crippen molar-refractivity contribution in [2.24, 2.45) is 0 Å². The van der Waals surface area contributed by atoms with Gasteiger partial charge in [0.25, 0.3) is 5.91 Å². The van der Waals surface area contributed by atoms with E-state index in [9.17, 15) is 4.79 Å². The van der Waals surface area contributed by atoms with E-state index in [2.05, 4.69) is 30.0 Å². The third kappa shape index (κ3) is 3.62. The molecule has 3 aromatic rings. The molecular formula is C21H23N3O2S. The summed E-state index contributed by atoms with van der Waals surface area (Å²) in [6.45, 7) is 5.17. The van der Waals surface area contributed by atoms with Gasteiger partial charge >= 0.3 is 0 Å². The van der Waals surface area contributed by atoms with Crippen molar-refractivity contribution in [3.8, 4) is 5.75 Å². The molecule has 0 aliphatic carbocycles. The van der Waals surface area contributed by atoms with E-state index in [0.29, 0.717) is 24.4 Å². The van der Waals surface area contributed by atoms with Crippen LogP contribution in [0.1, 0.15) is 22.8 Å². The van der Waals surface area contributed by atoms with E-state index < -0.39 is 0 Å². The molecule has 1 aliphatic rings. The summed E-state index contributed by atoms with van der Waals surface area (Å²) in [7, 11) is 1.61. The zero-order chi connectivity index (χ0) is 18.8. The molecule has 0 unspecified atom stereocenters. The van der Waals surface area contributed by atoms with Gasteiger partial charge in [0.05, 0.1) is 17.3 Å². The second-order valence-corrected chi connectivity index (χ2v) is 7.67. The maximum atomic E-state index is 12.8. The van der Waals surface area contributed by atoms with Crippen LogP contribution in [-0.2, 0) is 6.42 Å². The van der Waals surface area contributed by atoms with E-state index in [4.69, 9.17) is 9.72 Å². The van der Waals surface area contributed by atoms with Gasteiger partial charge in [0, 0.05) is 31.7 Å². The number of rotatable bonds is 4. The second-order valence-electron chi connectivity index (χ2n) is 6.66. The third-order valence-corrected chi connectivity index (χ3v) is 6.08. The molecule has 27 heavy (non-hydrogen) atoms. The molecular weight excluding hydrogens is 358 g/mol. The van der Waals surface area contributed by atoms with Gasteiger partial charge in [-0.2, -0.15) is 0 Å². The molecule has 0 saturated carbocycles. The first kappa shape index (κ1) is 17.8. The molecule has 1 aromatic heterocycles. The highest BCUT2D eigenvalue weighted by Gasteiger charge is 2.24. The minimum atomic E-state index is 0.0606. The van der Waals surface area contributed by atoms with Gasteiger partial charge in [-0.05, 0) is 42.3 Å². The van der Waals surface area contributed by atoms with Crippen LogP contribution in [0.4, 0.5) is 5.13 Å². The van der Waals surface area contributed by atoms with Gasteiger partial charge in [0.2, 0.25) is 0 Å². The van der Waals surface area contributed by atoms with E-state index in [1.54, 1.807) is 24.5 Å². The SMILES string of the molecule is CCc1ccc2nc(N3CCN(C(=O)c4cccc(OC)c4)CC3)sc2c1. The van der Waals surface area contributed by atoms with Crippen LogP contribution in [0.25, 0.3) is 10.2 Å². The highest BCUT2D eigenvalue weighted by Crippen LogP contribution is 2.30. The number of fused-ring (bicyclic) bond motifs is 1. The van der Waals surface area contributed by atoms with E-state index in [1.165, 1.54) is 10.3 Å². The Labute approximate surface area is 163 Å². The van der Waals surface area contributed by atoms with Gasteiger partial charge in [0.15, 0.2) is 5.13 Å². The molecule has 0 atom stereocenters. The Morgan fingerprint density at radius 1 is 1.15 bits per heavy atom. The number of hydrogen-bond donors (Lipinski definition) is 0. The number of piperazine rings is 1. The van der Waals surface area contributed by atoms with Crippen molar-refractivity contribution in [1.29, 1.82) is 0 Å². The van der Waals surface area contributed by atoms with Gasteiger partial charge in [0.1, 0.15) is 5.75 Å². The summed E-state index contributed by atoms with van der Waals surface area (Å²) in [5.74, 6) is 0.769. The number of nitrogens with zero attached hydrogens (tertiary/aromatic N) is 3. The first-order chi connectivity index (χ1) is 13.2. The van der Waals surface area contributed by atoms with Crippen molar-refractivity contribution in [3.05, 3.63) is 53.6 Å². The lowest BCUT2D eigenvalue weighted by molar-refractivity contribution is 0.0746. The van der Waals surface area contributed by atoms with Crippen LogP contribution in [0.5, 0.6) is 5.75 Å². The van der Waals surface area contributed by atoms with Gasteiger partial charge in [-0.25, -0.2) is 4.98 Å². The fourth-order valence-electron chi connectivity index (χ4n) is 3.35. The van der Waals surface area contributed by atoms with Crippen LogP contribution in [0.2, 0.25) is 0 Å². The minimum Gasteiger partial charge on any atom is -0.497 e. The highest BCUT2D eigenvalue weighted by atomic mass is 32.1. The molecule has 2 aromatic carbocycles. The van der Waals surface area contributed by atoms with Gasteiger partial charge < -0.3 is 14.5 Å². The molecule has 1 fully saturated rings. The maximum Gasteiger partial charge on any atom is 0.254 e. The number of anilines is 1. The largest absolute Gasteiger partial charge is 0.497 e. The first-order valence-electron chi connectivity index (χ1n) is 9.25. The van der Waals surface area contributed by atoms with E-state index >= 15 is 0 Å². The highest BCUT2D eigenvalue weighted by molar-refractivity contribution is 7.22. The number of hydrogen-bond acceptors (Lipinski definition) is 5. The van der Waals surface area contributed by atoms with E-state index in [1.807, 2.05) is 23.1 Å². The summed E-state index contributed by atoms with van der Waals surface area (Å²) in [6.07, 6.45) is 1.04. The number of methoxy groups -OCH3 is 1. The number of carbonyl (C=O) groups excluding carboxylic acids is 1. The Morgan fingerprint density at radius 2 is 1.96 bits per heavy atom. The first-order valence-corrected chi connectivity index (χ1v) is 10.1. The Hall–Kier alpha value is -2.60. The lowest BCUT2D eigenvalue weighted by Crippen LogP contribution is -2.48. The summed E-state index contributed by atoms with van der Waals surface area (Å²) < 4.78 is 6.46. The fraction of sp³-hybridized carbons (Fsp3) is 0.333. The van der Waals surface area contributed by atoms with Crippen molar-refractivity contribution in [1.82, 2.24) is 9.88 Å². The molecule has 1 amide bonds. The molecule has 6 heteroatoms. The average Bonchev–Trinajstić information content (AvgIpc) is 3.16. The third-order valence-electron chi connectivity index (χ3n) is 5.00. The Kier molecular flexibility index (Phi) is 4.99. The fourth-order valence-corrected chi connectivity index (χ4v) is 4.43. The minimum absolute atomic E-state index is 0.0606. The topological polar surface area (TPSA) is 45.7 Å². The monoisotopic (exact) mass is 381 g/mol. The Bertz CT molecular complexity index is 961. The number of aryl methyl sites for hydroxylation is 1. The van der Waals surface area contributed by atoms with Crippen molar-refractivity contribution in [2.45, 2.75) is 13.3 Å². The van der Waals surface area contributed by atoms with Crippen LogP contribution >= 0.6 is 11.3 Å². The molecule has 4 rings (SSSR count). The molecule has 1 aliphatic heterocycles. The summed E-state index contributed by atoms with van der Waals surface area (Å²) in [5.41, 5.74) is 3.07. The number of ether oxygens (including phenoxy) is 1. The quantitative estimate of drug-likeness (QED) is 0.689. The Morgan fingerprint density at radius 3 is 2.70 bits per heavy atom.